The van der Waals surface area contributed by atoms with Crippen LogP contribution in [0.25, 0.3) is 0 Å². The fourth-order valence-corrected chi connectivity index (χ4v) is 6.25. The number of ether oxygens (including phenoxy) is 6. The first-order valence-electron chi connectivity index (χ1n) is 23.7. The van der Waals surface area contributed by atoms with E-state index in [4.69, 9.17) is 44.4 Å². The summed E-state index contributed by atoms with van der Waals surface area (Å²) in [6.07, 6.45) is -2.47. The van der Waals surface area contributed by atoms with E-state index in [1.165, 1.54) is 0 Å². The minimum Gasteiger partial charge on any atom is -0.481 e. The van der Waals surface area contributed by atoms with Crippen molar-refractivity contribution < 1.29 is 107 Å². The molecule has 0 spiro atoms. The second-order valence-electron chi connectivity index (χ2n) is 16.0. The summed E-state index contributed by atoms with van der Waals surface area (Å²) < 4.78 is 32.6. The van der Waals surface area contributed by atoms with Crippen LogP contribution in [0.1, 0.15) is 44.1 Å². The quantitative estimate of drug-likeness (QED) is 0.0219. The number of aliphatic carboxylic acids is 5. The van der Waals surface area contributed by atoms with Crippen LogP contribution in [0.3, 0.4) is 0 Å². The number of nitrogens with two attached hydrogens (primary N) is 1. The lowest BCUT2D eigenvalue weighted by molar-refractivity contribution is -0.143. The molecular formula is C45H70N8O22S. The molecule has 3 unspecified atom stereocenters. The molecule has 7 amide bonds. The summed E-state index contributed by atoms with van der Waals surface area (Å²) in [4.78, 5) is 132. The number of rotatable bonds is 45. The number of hydrogen-bond donors (Lipinski definition) is 14. The third-order valence-corrected chi connectivity index (χ3v) is 10.4. The maximum absolute atomic E-state index is 13.2. The molecule has 0 aliphatic rings. The summed E-state index contributed by atoms with van der Waals surface area (Å²) in [5, 5.41) is 61.6. The first-order chi connectivity index (χ1) is 36.2. The standard InChI is InChI=1S/C45H70N8O22S/c46-29(39(60)50-33(25-38(58)59)41(62)51-34(27-76)44(67)68)26-48-40(61)32(24-28-4-2-1-3-5-28)49-36(55)10-12-70-14-16-72-18-20-74-22-23-75-21-19-73-17-15-71-13-11-47-35(54)8-6-30(42(63)64)52-45(69)53-31(43(65)66)7-9-37(56)57/h1-5,29-34,76H,6-27,46H2,(H,47,54)(H,48,61)(H,49,55)(H,50,60)(H,51,62)(H,56,57)(H,58,59)(H,63,64)(H,65,66)(H,67,68)(H2,52,53,69)/t29?,30?,31?,32-,33-,34-/m0/s1. The van der Waals surface area contributed by atoms with Crippen LogP contribution in [0, 0.1) is 0 Å². The highest BCUT2D eigenvalue weighted by Gasteiger charge is 2.30. The molecular weight excluding hydrogens is 1040 g/mol. The van der Waals surface area contributed by atoms with E-state index in [-0.39, 0.29) is 97.4 Å². The number of carbonyl (C=O) groups excluding carboxylic acids is 6. The molecule has 1 aromatic carbocycles. The SMILES string of the molecule is NC(CNC(=O)[C@H](Cc1ccccc1)NC(=O)CCOCCOCCOCCOCCOCCOCCNC(=O)CCC(NC(=O)NC(CCC(=O)O)C(=O)O)C(=O)O)C(=O)N[C@@H](CC(=O)O)C(=O)N[C@@H](CS)C(=O)O. The second kappa shape index (κ2) is 40.6. The first-order valence-corrected chi connectivity index (χ1v) is 24.4. The molecule has 0 bridgehead atoms. The lowest BCUT2D eigenvalue weighted by Gasteiger charge is -2.22. The van der Waals surface area contributed by atoms with Gasteiger partial charge in [0.2, 0.25) is 29.5 Å². The van der Waals surface area contributed by atoms with Crippen molar-refractivity contribution in [3.63, 3.8) is 0 Å². The molecule has 0 radical (unpaired) electrons. The van der Waals surface area contributed by atoms with Gasteiger partial charge in [-0.15, -0.1) is 0 Å². The molecule has 0 saturated carbocycles. The Bertz CT molecular complexity index is 1990. The third kappa shape index (κ3) is 33.2. The summed E-state index contributed by atoms with van der Waals surface area (Å²) >= 11 is 3.83. The zero-order valence-electron chi connectivity index (χ0n) is 41.6. The van der Waals surface area contributed by atoms with Crippen LogP contribution in [0.5, 0.6) is 0 Å². The normalized spacial score (nSPS) is 13.3. The van der Waals surface area contributed by atoms with Gasteiger partial charge in [0.1, 0.15) is 36.3 Å². The number of thiol groups is 1. The molecule has 0 saturated heterocycles. The maximum Gasteiger partial charge on any atom is 0.327 e. The van der Waals surface area contributed by atoms with Gasteiger partial charge in [0.25, 0.3) is 0 Å². The van der Waals surface area contributed by atoms with Crippen molar-refractivity contribution in [2.45, 2.75) is 81.2 Å². The molecule has 1 rings (SSSR count). The molecule has 428 valence electrons. The fraction of sp³-hybridized carbons (Fsp3) is 0.622. The fourth-order valence-electron chi connectivity index (χ4n) is 6.01. The highest BCUT2D eigenvalue weighted by atomic mass is 32.1. The first kappa shape index (κ1) is 67.3. The number of carboxylic acids is 5. The number of carboxylic acid groups (broad SMARTS) is 5. The lowest BCUT2D eigenvalue weighted by Crippen LogP contribution is -2.57. The van der Waals surface area contributed by atoms with Gasteiger partial charge in [0.15, 0.2) is 0 Å². The Kier molecular flexibility index (Phi) is 35.9. The molecule has 14 N–H and O–H groups in total. The summed E-state index contributed by atoms with van der Waals surface area (Å²) in [6, 6.07) is -1.20. The minimum absolute atomic E-state index is 0.00544. The van der Waals surface area contributed by atoms with Crippen molar-refractivity contribution in [1.82, 2.24) is 37.2 Å². The number of hydrogen-bond acceptors (Lipinski definition) is 19. The molecule has 0 aliphatic carbocycles. The Labute approximate surface area is 441 Å². The van der Waals surface area contributed by atoms with Gasteiger partial charge >= 0.3 is 35.9 Å². The molecule has 31 heteroatoms. The predicted molar refractivity (Wildman–Crippen MR) is 264 cm³/mol. The van der Waals surface area contributed by atoms with E-state index >= 15 is 0 Å². The van der Waals surface area contributed by atoms with E-state index in [9.17, 15) is 68.1 Å². The van der Waals surface area contributed by atoms with Crippen molar-refractivity contribution >= 4 is 78.0 Å². The molecule has 30 nitrogen and oxygen atoms in total. The Morgan fingerprint density at radius 2 is 0.947 bits per heavy atom. The topological polar surface area (TPSA) is 455 Å². The van der Waals surface area contributed by atoms with Crippen molar-refractivity contribution in [3.8, 4) is 0 Å². The van der Waals surface area contributed by atoms with E-state index in [2.05, 4.69) is 44.5 Å². The molecule has 1 aromatic rings. The van der Waals surface area contributed by atoms with Crippen LogP contribution in [0.2, 0.25) is 0 Å². The van der Waals surface area contributed by atoms with Gasteiger partial charge in [0, 0.05) is 44.5 Å². The van der Waals surface area contributed by atoms with Gasteiger partial charge in [-0.25, -0.2) is 19.2 Å². The molecule has 6 atom stereocenters. The third-order valence-electron chi connectivity index (χ3n) is 9.99. The van der Waals surface area contributed by atoms with Crippen molar-refractivity contribution in [2.24, 2.45) is 5.73 Å². The van der Waals surface area contributed by atoms with Gasteiger partial charge in [-0.3, -0.25) is 33.6 Å². The van der Waals surface area contributed by atoms with Gasteiger partial charge in [-0.1, -0.05) is 30.3 Å². The Balaban J connectivity index is 2.20. The number of urea groups is 1. The van der Waals surface area contributed by atoms with E-state index in [1.54, 1.807) is 30.3 Å². The van der Waals surface area contributed by atoms with Crippen molar-refractivity contribution in [1.29, 1.82) is 0 Å². The molecule has 0 fully saturated rings. The van der Waals surface area contributed by atoms with Crippen LogP contribution in [0.15, 0.2) is 30.3 Å². The summed E-state index contributed by atoms with van der Waals surface area (Å²) in [5.74, 6) is -11.3. The van der Waals surface area contributed by atoms with Gasteiger partial charge in [-0.05, 0) is 18.4 Å². The lowest BCUT2D eigenvalue weighted by atomic mass is 10.0. The number of nitrogens with one attached hydrogen (secondary N) is 7. The predicted octanol–water partition coefficient (Wildman–Crippen LogP) is -3.93. The van der Waals surface area contributed by atoms with E-state index < -0.39 is 127 Å². The monoisotopic (exact) mass is 1110 g/mol. The van der Waals surface area contributed by atoms with Crippen molar-refractivity contribution in [2.75, 3.05) is 98.1 Å². The average molecular weight is 1110 g/mol. The van der Waals surface area contributed by atoms with Crippen molar-refractivity contribution in [3.05, 3.63) is 35.9 Å². The zero-order chi connectivity index (χ0) is 56.7. The van der Waals surface area contributed by atoms with Crippen LogP contribution in [-0.2, 0) is 82.8 Å². The molecule has 76 heavy (non-hydrogen) atoms. The van der Waals surface area contributed by atoms with E-state index in [0.29, 0.717) is 25.4 Å². The largest absolute Gasteiger partial charge is 0.481 e. The van der Waals surface area contributed by atoms with Gasteiger partial charge in [-0.2, -0.15) is 12.6 Å². The minimum atomic E-state index is -1.69. The van der Waals surface area contributed by atoms with E-state index in [0.717, 1.165) is 0 Å². The smallest absolute Gasteiger partial charge is 0.327 e. The molecule has 0 heterocycles. The Morgan fingerprint density at radius 3 is 1.42 bits per heavy atom. The zero-order valence-corrected chi connectivity index (χ0v) is 42.5. The van der Waals surface area contributed by atoms with Crippen LogP contribution in [-0.4, -0.2) is 225 Å². The molecule has 0 aliphatic heterocycles. The second-order valence-corrected chi connectivity index (χ2v) is 16.4. The van der Waals surface area contributed by atoms with Crippen LogP contribution >= 0.6 is 12.6 Å². The Morgan fingerprint density at radius 1 is 0.474 bits per heavy atom. The highest BCUT2D eigenvalue weighted by Crippen LogP contribution is 2.06. The van der Waals surface area contributed by atoms with Crippen LogP contribution in [0.4, 0.5) is 4.79 Å². The summed E-state index contributed by atoms with van der Waals surface area (Å²) in [6.45, 7) is 2.34. The van der Waals surface area contributed by atoms with Gasteiger partial charge < -0.3 is 96.9 Å². The summed E-state index contributed by atoms with van der Waals surface area (Å²) in [5.41, 5.74) is 6.63. The molecule has 0 aromatic heterocycles. The van der Waals surface area contributed by atoms with E-state index in [1.807, 2.05) is 5.32 Å². The van der Waals surface area contributed by atoms with Gasteiger partial charge in [0.05, 0.1) is 85.7 Å². The maximum atomic E-state index is 13.2. The number of amides is 7. The average Bonchev–Trinajstić information content (AvgIpc) is 3.36. The Hall–Kier alpha value is -6.74. The van der Waals surface area contributed by atoms with Crippen LogP contribution < -0.4 is 43.0 Å². The number of carbonyl (C=O) groups is 11. The summed E-state index contributed by atoms with van der Waals surface area (Å²) in [7, 11) is 0. The highest BCUT2D eigenvalue weighted by molar-refractivity contribution is 7.80. The number of benzene rings is 1.